The van der Waals surface area contributed by atoms with Gasteiger partial charge in [0.15, 0.2) is 0 Å². The fourth-order valence-electron chi connectivity index (χ4n) is 1.95. The molecule has 0 spiro atoms. The number of rotatable bonds is 2. The SMILES string of the molecule is Cc1cc(NC2CCN(C)C2=O)c(Br)cc1N. The average Bonchev–Trinajstić information content (AvgIpc) is 2.58. The lowest BCUT2D eigenvalue weighted by molar-refractivity contribution is -0.127. The summed E-state index contributed by atoms with van der Waals surface area (Å²) in [4.78, 5) is 13.5. The number of carbonyl (C=O) groups excluding carboxylic acids is 1. The summed E-state index contributed by atoms with van der Waals surface area (Å²) in [6, 6.07) is 3.70. The first-order valence-corrected chi connectivity index (χ1v) is 6.35. The lowest BCUT2D eigenvalue weighted by Gasteiger charge is -2.16. The minimum atomic E-state index is -0.126. The molecular weight excluding hydrogens is 282 g/mol. The monoisotopic (exact) mass is 297 g/mol. The van der Waals surface area contributed by atoms with Crippen molar-refractivity contribution in [1.82, 2.24) is 4.90 Å². The fourth-order valence-corrected chi connectivity index (χ4v) is 2.43. The second-order valence-electron chi connectivity index (χ2n) is 4.43. The van der Waals surface area contributed by atoms with E-state index in [2.05, 4.69) is 21.2 Å². The van der Waals surface area contributed by atoms with E-state index in [1.54, 1.807) is 4.90 Å². The van der Waals surface area contributed by atoms with Gasteiger partial charge < -0.3 is 16.0 Å². The molecular formula is C12H16BrN3O. The maximum Gasteiger partial charge on any atom is 0.244 e. The minimum absolute atomic E-state index is 0.126. The van der Waals surface area contributed by atoms with Gasteiger partial charge in [-0.3, -0.25) is 4.79 Å². The van der Waals surface area contributed by atoms with E-state index in [4.69, 9.17) is 5.73 Å². The van der Waals surface area contributed by atoms with Crippen LogP contribution in [0.15, 0.2) is 16.6 Å². The van der Waals surface area contributed by atoms with Gasteiger partial charge >= 0.3 is 0 Å². The summed E-state index contributed by atoms with van der Waals surface area (Å²) in [5.74, 6) is 0.145. The molecule has 1 fully saturated rings. The summed E-state index contributed by atoms with van der Waals surface area (Å²) in [5, 5.41) is 3.26. The number of anilines is 2. The summed E-state index contributed by atoms with van der Waals surface area (Å²) in [6.45, 7) is 2.76. The van der Waals surface area contributed by atoms with Crippen molar-refractivity contribution in [3.63, 3.8) is 0 Å². The predicted octanol–water partition coefficient (Wildman–Crippen LogP) is 1.98. The number of carbonyl (C=O) groups is 1. The molecule has 17 heavy (non-hydrogen) atoms. The summed E-state index contributed by atoms with van der Waals surface area (Å²) >= 11 is 3.46. The van der Waals surface area contributed by atoms with Crippen molar-refractivity contribution < 1.29 is 4.79 Å². The van der Waals surface area contributed by atoms with Crippen LogP contribution in [-0.4, -0.2) is 30.4 Å². The average molecular weight is 298 g/mol. The predicted molar refractivity (Wildman–Crippen MR) is 73.0 cm³/mol. The number of nitrogen functional groups attached to an aromatic ring is 1. The molecule has 1 atom stereocenters. The molecule has 0 saturated carbocycles. The van der Waals surface area contributed by atoms with E-state index in [-0.39, 0.29) is 11.9 Å². The second-order valence-corrected chi connectivity index (χ2v) is 5.29. The molecule has 5 heteroatoms. The molecule has 4 nitrogen and oxygen atoms in total. The molecule has 0 aliphatic carbocycles. The Morgan fingerprint density at radius 2 is 2.24 bits per heavy atom. The molecule has 1 unspecified atom stereocenters. The van der Waals surface area contributed by atoms with E-state index >= 15 is 0 Å². The Morgan fingerprint density at radius 1 is 1.53 bits per heavy atom. The lowest BCUT2D eigenvalue weighted by atomic mass is 10.1. The summed E-state index contributed by atoms with van der Waals surface area (Å²) in [7, 11) is 1.83. The first-order valence-electron chi connectivity index (χ1n) is 5.56. The zero-order valence-corrected chi connectivity index (χ0v) is 11.5. The quantitative estimate of drug-likeness (QED) is 0.821. The maximum atomic E-state index is 11.8. The number of likely N-dealkylation sites (tertiary alicyclic amines) is 1. The molecule has 0 aromatic heterocycles. The van der Waals surface area contributed by atoms with Gasteiger partial charge in [-0.15, -0.1) is 0 Å². The van der Waals surface area contributed by atoms with Crippen LogP contribution in [0.5, 0.6) is 0 Å². The van der Waals surface area contributed by atoms with Gasteiger partial charge in [0, 0.05) is 29.4 Å². The van der Waals surface area contributed by atoms with Crippen LogP contribution in [0.2, 0.25) is 0 Å². The highest BCUT2D eigenvalue weighted by molar-refractivity contribution is 9.10. The van der Waals surface area contributed by atoms with Crippen LogP contribution in [0, 0.1) is 6.92 Å². The molecule has 1 aliphatic rings. The molecule has 1 saturated heterocycles. The van der Waals surface area contributed by atoms with Gasteiger partial charge in [0.25, 0.3) is 0 Å². The highest BCUT2D eigenvalue weighted by atomic mass is 79.9. The molecule has 3 N–H and O–H groups in total. The van der Waals surface area contributed by atoms with Crippen molar-refractivity contribution in [3.8, 4) is 0 Å². The van der Waals surface area contributed by atoms with E-state index in [9.17, 15) is 4.79 Å². The second kappa shape index (κ2) is 4.56. The third-order valence-electron chi connectivity index (χ3n) is 3.11. The largest absolute Gasteiger partial charge is 0.398 e. The number of likely N-dealkylation sites (N-methyl/N-ethyl adjacent to an activating group) is 1. The van der Waals surface area contributed by atoms with Gasteiger partial charge in [-0.25, -0.2) is 0 Å². The van der Waals surface area contributed by atoms with Gasteiger partial charge in [-0.2, -0.15) is 0 Å². The molecule has 2 rings (SSSR count). The Kier molecular flexibility index (Phi) is 3.28. The van der Waals surface area contributed by atoms with Gasteiger partial charge in [0.2, 0.25) is 5.91 Å². The number of amides is 1. The van der Waals surface area contributed by atoms with Crippen LogP contribution < -0.4 is 11.1 Å². The van der Waals surface area contributed by atoms with Crippen LogP contribution in [0.25, 0.3) is 0 Å². The third-order valence-corrected chi connectivity index (χ3v) is 3.77. The zero-order chi connectivity index (χ0) is 12.6. The molecule has 0 bridgehead atoms. The number of aryl methyl sites for hydroxylation is 1. The number of nitrogens with one attached hydrogen (secondary N) is 1. The van der Waals surface area contributed by atoms with Gasteiger partial charge in [-0.1, -0.05) is 0 Å². The van der Waals surface area contributed by atoms with Gasteiger partial charge in [0.1, 0.15) is 6.04 Å². The van der Waals surface area contributed by atoms with Crippen LogP contribution >= 0.6 is 15.9 Å². The lowest BCUT2D eigenvalue weighted by Crippen LogP contribution is -2.31. The van der Waals surface area contributed by atoms with Crippen LogP contribution in [-0.2, 0) is 4.79 Å². The topological polar surface area (TPSA) is 58.4 Å². The fraction of sp³-hybridized carbons (Fsp3) is 0.417. The Bertz CT molecular complexity index is 461. The standard InChI is InChI=1S/C12H16BrN3O/c1-7-5-11(8(13)6-9(7)14)15-10-3-4-16(2)12(10)17/h5-6,10,15H,3-4,14H2,1-2H3. The molecule has 92 valence electrons. The highest BCUT2D eigenvalue weighted by Crippen LogP contribution is 2.29. The molecule has 1 amide bonds. The Hall–Kier alpha value is -1.23. The molecule has 1 aromatic carbocycles. The molecule has 1 aromatic rings. The number of nitrogens with two attached hydrogens (primary N) is 1. The first-order chi connectivity index (χ1) is 7.99. The smallest absolute Gasteiger partial charge is 0.244 e. The minimum Gasteiger partial charge on any atom is -0.398 e. The van der Waals surface area contributed by atoms with Crippen molar-refractivity contribution in [2.45, 2.75) is 19.4 Å². The molecule has 1 heterocycles. The first kappa shape index (κ1) is 12.2. The van der Waals surface area contributed by atoms with Crippen LogP contribution in [0.1, 0.15) is 12.0 Å². The van der Waals surface area contributed by atoms with E-state index in [1.165, 1.54) is 0 Å². The summed E-state index contributed by atoms with van der Waals surface area (Å²) in [6.07, 6.45) is 0.838. The van der Waals surface area contributed by atoms with Gasteiger partial charge in [-0.05, 0) is 47.0 Å². The highest BCUT2D eigenvalue weighted by Gasteiger charge is 2.29. The molecule has 0 radical (unpaired) electrons. The number of hydrogen-bond acceptors (Lipinski definition) is 3. The number of hydrogen-bond donors (Lipinski definition) is 2. The van der Waals surface area contributed by atoms with Crippen molar-refractivity contribution >= 4 is 33.2 Å². The van der Waals surface area contributed by atoms with Crippen LogP contribution in [0.4, 0.5) is 11.4 Å². The molecule has 1 aliphatic heterocycles. The van der Waals surface area contributed by atoms with Crippen molar-refractivity contribution in [2.24, 2.45) is 0 Å². The normalized spacial score (nSPS) is 19.8. The van der Waals surface area contributed by atoms with Crippen molar-refractivity contribution in [1.29, 1.82) is 0 Å². The van der Waals surface area contributed by atoms with Crippen LogP contribution in [0.3, 0.4) is 0 Å². The van der Waals surface area contributed by atoms with E-state index < -0.39 is 0 Å². The Labute approximate surface area is 109 Å². The Balaban J connectivity index is 2.19. The van der Waals surface area contributed by atoms with Crippen molar-refractivity contribution in [3.05, 3.63) is 22.2 Å². The summed E-state index contributed by atoms with van der Waals surface area (Å²) < 4.78 is 0.892. The maximum absolute atomic E-state index is 11.8. The van der Waals surface area contributed by atoms with E-state index in [1.807, 2.05) is 26.1 Å². The Morgan fingerprint density at radius 3 is 2.82 bits per heavy atom. The van der Waals surface area contributed by atoms with Gasteiger partial charge in [0.05, 0.1) is 0 Å². The van der Waals surface area contributed by atoms with E-state index in [0.717, 1.165) is 34.4 Å². The van der Waals surface area contributed by atoms with Crippen molar-refractivity contribution in [2.75, 3.05) is 24.6 Å². The zero-order valence-electron chi connectivity index (χ0n) is 9.96. The number of benzene rings is 1. The summed E-state index contributed by atoms with van der Waals surface area (Å²) in [5.41, 5.74) is 8.49. The number of halogens is 1. The third kappa shape index (κ3) is 2.39. The van der Waals surface area contributed by atoms with E-state index in [0.29, 0.717) is 0 Å². The number of nitrogens with zero attached hydrogens (tertiary/aromatic N) is 1.